The molecule has 15 heavy (non-hydrogen) atoms. The van der Waals surface area contributed by atoms with Crippen LogP contribution in [0.4, 0.5) is 0 Å². The van der Waals surface area contributed by atoms with Crippen molar-refractivity contribution in [1.82, 2.24) is 4.98 Å². The molecule has 0 aliphatic rings. The van der Waals surface area contributed by atoms with E-state index in [-0.39, 0.29) is 6.61 Å². The largest absolute Gasteiger partial charge is 0.478 e. The Morgan fingerprint density at radius 1 is 1.60 bits per heavy atom. The molecule has 0 amide bonds. The van der Waals surface area contributed by atoms with Crippen LogP contribution >= 0.6 is 0 Å². The van der Waals surface area contributed by atoms with E-state index in [4.69, 9.17) is 14.6 Å². The number of carbonyl (C=O) groups is 1. The third kappa shape index (κ3) is 3.55. The highest BCUT2D eigenvalue weighted by Gasteiger charge is 2.18. The summed E-state index contributed by atoms with van der Waals surface area (Å²) < 4.78 is 9.92. The van der Waals surface area contributed by atoms with Gasteiger partial charge in [-0.05, 0) is 19.1 Å². The van der Waals surface area contributed by atoms with E-state index in [0.29, 0.717) is 5.75 Å². The summed E-state index contributed by atoms with van der Waals surface area (Å²) in [6.45, 7) is 1.84. The second-order valence-electron chi connectivity index (χ2n) is 3.04. The Bertz CT molecular complexity index is 323. The molecule has 0 saturated carbocycles. The van der Waals surface area contributed by atoms with Crippen LogP contribution in [0.25, 0.3) is 0 Å². The number of hydrogen-bond donors (Lipinski definition) is 1. The highest BCUT2D eigenvalue weighted by atomic mass is 16.5. The van der Waals surface area contributed by atoms with Crippen LogP contribution in [0.2, 0.25) is 0 Å². The van der Waals surface area contributed by atoms with Crippen LogP contribution in [0.15, 0.2) is 18.3 Å². The number of pyridine rings is 1. The summed E-state index contributed by atoms with van der Waals surface area (Å²) in [6, 6.07) is 3.43. The first kappa shape index (κ1) is 11.5. The number of ether oxygens (including phenoxy) is 2. The zero-order chi connectivity index (χ0) is 11.3. The highest BCUT2D eigenvalue weighted by molar-refractivity contribution is 5.72. The lowest BCUT2D eigenvalue weighted by Gasteiger charge is -2.13. The van der Waals surface area contributed by atoms with Crippen LogP contribution in [0, 0.1) is 6.92 Å². The standard InChI is InChI=1S/C10H13NO4/c1-7-3-4-8(5-11-7)15-9(6-14-2)10(12)13/h3-5,9H,6H2,1-2H3,(H,12,13). The van der Waals surface area contributed by atoms with Gasteiger partial charge in [-0.2, -0.15) is 0 Å². The molecule has 0 saturated heterocycles. The fourth-order valence-electron chi connectivity index (χ4n) is 0.995. The van der Waals surface area contributed by atoms with Crippen LogP contribution in [0.1, 0.15) is 5.69 Å². The Morgan fingerprint density at radius 3 is 2.80 bits per heavy atom. The number of carboxylic acids is 1. The predicted molar refractivity (Wildman–Crippen MR) is 52.9 cm³/mol. The summed E-state index contributed by atoms with van der Waals surface area (Å²) in [7, 11) is 1.42. The molecule has 82 valence electrons. The van der Waals surface area contributed by atoms with E-state index in [1.54, 1.807) is 12.1 Å². The van der Waals surface area contributed by atoms with Gasteiger partial charge in [0.2, 0.25) is 6.10 Å². The SMILES string of the molecule is COCC(Oc1ccc(C)nc1)C(=O)O. The van der Waals surface area contributed by atoms with E-state index in [0.717, 1.165) is 5.69 Å². The number of methoxy groups -OCH3 is 1. The summed E-state index contributed by atoms with van der Waals surface area (Å²) in [5.74, 6) is -0.637. The molecule has 5 heteroatoms. The lowest BCUT2D eigenvalue weighted by molar-refractivity contribution is -0.147. The van der Waals surface area contributed by atoms with Gasteiger partial charge in [0.1, 0.15) is 5.75 Å². The van der Waals surface area contributed by atoms with E-state index in [1.807, 2.05) is 6.92 Å². The number of nitrogens with zero attached hydrogens (tertiary/aromatic N) is 1. The number of aryl methyl sites for hydroxylation is 1. The molecule has 0 aromatic carbocycles. The van der Waals surface area contributed by atoms with Gasteiger partial charge in [-0.1, -0.05) is 0 Å². The summed E-state index contributed by atoms with van der Waals surface area (Å²) in [6.07, 6.45) is 0.487. The first-order valence-corrected chi connectivity index (χ1v) is 4.44. The zero-order valence-corrected chi connectivity index (χ0v) is 8.64. The third-order valence-electron chi connectivity index (χ3n) is 1.76. The molecular formula is C10H13NO4. The third-order valence-corrected chi connectivity index (χ3v) is 1.76. The Morgan fingerprint density at radius 2 is 2.33 bits per heavy atom. The zero-order valence-electron chi connectivity index (χ0n) is 8.64. The van der Waals surface area contributed by atoms with Crippen LogP contribution in [-0.4, -0.2) is 35.9 Å². The van der Waals surface area contributed by atoms with Gasteiger partial charge in [-0.15, -0.1) is 0 Å². The van der Waals surface area contributed by atoms with Crippen LogP contribution in [-0.2, 0) is 9.53 Å². The van der Waals surface area contributed by atoms with Gasteiger partial charge in [0, 0.05) is 12.8 Å². The van der Waals surface area contributed by atoms with Gasteiger partial charge in [0.25, 0.3) is 0 Å². The Labute approximate surface area is 87.7 Å². The quantitative estimate of drug-likeness (QED) is 0.782. The van der Waals surface area contributed by atoms with Crippen molar-refractivity contribution in [2.24, 2.45) is 0 Å². The monoisotopic (exact) mass is 211 g/mol. The van der Waals surface area contributed by atoms with Crippen LogP contribution in [0.3, 0.4) is 0 Å². The molecule has 1 N–H and O–H groups in total. The van der Waals surface area contributed by atoms with Gasteiger partial charge >= 0.3 is 5.97 Å². The van der Waals surface area contributed by atoms with E-state index in [2.05, 4.69) is 4.98 Å². The molecule has 1 heterocycles. The second kappa shape index (κ2) is 5.31. The van der Waals surface area contributed by atoms with E-state index in [9.17, 15) is 4.79 Å². The lowest BCUT2D eigenvalue weighted by Crippen LogP contribution is -2.31. The van der Waals surface area contributed by atoms with Crippen molar-refractivity contribution in [3.05, 3.63) is 24.0 Å². The van der Waals surface area contributed by atoms with E-state index >= 15 is 0 Å². The van der Waals surface area contributed by atoms with Crippen molar-refractivity contribution in [3.8, 4) is 5.75 Å². The average molecular weight is 211 g/mol. The van der Waals surface area contributed by atoms with Crippen molar-refractivity contribution in [1.29, 1.82) is 0 Å². The van der Waals surface area contributed by atoms with Crippen LogP contribution < -0.4 is 4.74 Å². The van der Waals surface area contributed by atoms with Gasteiger partial charge < -0.3 is 14.6 Å². The molecule has 0 aliphatic carbocycles. The smallest absolute Gasteiger partial charge is 0.347 e. The van der Waals surface area contributed by atoms with Crippen molar-refractivity contribution in [2.45, 2.75) is 13.0 Å². The summed E-state index contributed by atoms with van der Waals surface area (Å²) in [4.78, 5) is 14.7. The molecule has 0 fully saturated rings. The fourth-order valence-corrected chi connectivity index (χ4v) is 0.995. The normalized spacial score (nSPS) is 12.1. The number of aromatic nitrogens is 1. The Hall–Kier alpha value is -1.62. The van der Waals surface area contributed by atoms with Gasteiger partial charge in [-0.25, -0.2) is 4.79 Å². The minimum Gasteiger partial charge on any atom is -0.478 e. The molecule has 1 rings (SSSR count). The minimum atomic E-state index is -1.06. The average Bonchev–Trinajstić information content (AvgIpc) is 2.20. The molecule has 5 nitrogen and oxygen atoms in total. The molecule has 1 aromatic rings. The topological polar surface area (TPSA) is 68.7 Å². The van der Waals surface area contributed by atoms with Crippen molar-refractivity contribution in [3.63, 3.8) is 0 Å². The summed E-state index contributed by atoms with van der Waals surface area (Å²) >= 11 is 0. The molecule has 1 aromatic heterocycles. The molecule has 0 radical (unpaired) electrons. The second-order valence-corrected chi connectivity index (χ2v) is 3.04. The maximum Gasteiger partial charge on any atom is 0.347 e. The van der Waals surface area contributed by atoms with Crippen molar-refractivity contribution >= 4 is 5.97 Å². The molecule has 0 spiro atoms. The molecule has 0 bridgehead atoms. The van der Waals surface area contributed by atoms with Crippen LogP contribution in [0.5, 0.6) is 5.75 Å². The summed E-state index contributed by atoms with van der Waals surface area (Å²) in [5.41, 5.74) is 0.848. The molecule has 1 unspecified atom stereocenters. The van der Waals surface area contributed by atoms with E-state index < -0.39 is 12.1 Å². The summed E-state index contributed by atoms with van der Waals surface area (Å²) in [5, 5.41) is 8.79. The maximum absolute atomic E-state index is 10.7. The number of rotatable bonds is 5. The van der Waals surface area contributed by atoms with Gasteiger partial charge in [0.15, 0.2) is 0 Å². The predicted octanol–water partition coefficient (Wildman–Crippen LogP) is 0.868. The molecule has 0 aliphatic heterocycles. The molecule has 1 atom stereocenters. The van der Waals surface area contributed by atoms with E-state index in [1.165, 1.54) is 13.3 Å². The van der Waals surface area contributed by atoms with Crippen molar-refractivity contribution < 1.29 is 19.4 Å². The highest BCUT2D eigenvalue weighted by Crippen LogP contribution is 2.11. The van der Waals surface area contributed by atoms with Crippen molar-refractivity contribution in [2.75, 3.05) is 13.7 Å². The number of hydrogen-bond acceptors (Lipinski definition) is 4. The fraction of sp³-hybridized carbons (Fsp3) is 0.400. The van der Waals surface area contributed by atoms with Gasteiger partial charge in [-0.3, -0.25) is 4.98 Å². The number of carboxylic acid groups (broad SMARTS) is 1. The minimum absolute atomic E-state index is 0.00318. The lowest BCUT2D eigenvalue weighted by atomic mass is 10.3. The Balaban J connectivity index is 2.65. The first-order chi connectivity index (χ1) is 7.13. The first-order valence-electron chi connectivity index (χ1n) is 4.44. The maximum atomic E-state index is 10.7. The Kier molecular flexibility index (Phi) is 4.05. The van der Waals surface area contributed by atoms with Gasteiger partial charge in [0.05, 0.1) is 12.8 Å². The molecular weight excluding hydrogens is 198 g/mol. The number of aliphatic carboxylic acids is 1.